The summed E-state index contributed by atoms with van der Waals surface area (Å²) < 4.78 is 5.13. The van der Waals surface area contributed by atoms with E-state index in [-0.39, 0.29) is 17.8 Å². The number of amides is 4. The van der Waals surface area contributed by atoms with Gasteiger partial charge in [0.15, 0.2) is 0 Å². The van der Waals surface area contributed by atoms with Crippen LogP contribution in [0, 0.1) is 5.92 Å². The Kier molecular flexibility index (Phi) is 6.53. The summed E-state index contributed by atoms with van der Waals surface area (Å²) in [6, 6.07) is 9.55. The van der Waals surface area contributed by atoms with Crippen molar-refractivity contribution >= 4 is 17.8 Å². The van der Waals surface area contributed by atoms with Crippen molar-refractivity contribution in [1.29, 1.82) is 0 Å². The van der Waals surface area contributed by atoms with Gasteiger partial charge in [0.1, 0.15) is 11.9 Å². The van der Waals surface area contributed by atoms with E-state index < -0.39 is 12.1 Å². The lowest BCUT2D eigenvalue weighted by atomic mass is 10.0. The molecule has 2 unspecified atom stereocenters. The Morgan fingerprint density at radius 2 is 1.90 bits per heavy atom. The number of ether oxygens (including phenoxy) is 1. The molecule has 2 heterocycles. The standard InChI is InChI=1S/C21H28N4O4/c1-23-19-16(20(27)24(2)21(23)28)14-17(25(19)12-7-13-29-3)18(26)22-11-10-15-8-5-4-6-9-15/h4-6,8-9,14,16,19H,7,10-13H2,1-3H3,(H,22,26). The summed E-state index contributed by atoms with van der Waals surface area (Å²) >= 11 is 0. The fourth-order valence-electron chi connectivity index (χ4n) is 3.90. The molecule has 156 valence electrons. The van der Waals surface area contributed by atoms with Gasteiger partial charge < -0.3 is 19.9 Å². The van der Waals surface area contributed by atoms with Gasteiger partial charge in [0.25, 0.3) is 5.91 Å². The number of rotatable bonds is 8. The van der Waals surface area contributed by atoms with Gasteiger partial charge in [0.05, 0.1) is 5.92 Å². The van der Waals surface area contributed by atoms with Gasteiger partial charge in [-0.25, -0.2) is 4.79 Å². The predicted octanol–water partition coefficient (Wildman–Crippen LogP) is 1.05. The third kappa shape index (κ3) is 4.27. The number of urea groups is 1. The third-order valence-corrected chi connectivity index (χ3v) is 5.41. The number of methoxy groups -OCH3 is 1. The molecule has 1 aromatic rings. The monoisotopic (exact) mass is 400 g/mol. The molecule has 3 rings (SSSR count). The minimum absolute atomic E-state index is 0.232. The molecular formula is C21H28N4O4. The molecule has 2 aliphatic heterocycles. The summed E-state index contributed by atoms with van der Waals surface area (Å²) in [5, 5.41) is 2.95. The fraction of sp³-hybridized carbons (Fsp3) is 0.476. The number of hydrogen-bond donors (Lipinski definition) is 1. The van der Waals surface area contributed by atoms with Crippen LogP contribution in [0.5, 0.6) is 0 Å². The second kappa shape index (κ2) is 9.09. The van der Waals surface area contributed by atoms with Gasteiger partial charge in [-0.1, -0.05) is 30.3 Å². The van der Waals surface area contributed by atoms with Crippen LogP contribution in [-0.4, -0.2) is 79.6 Å². The van der Waals surface area contributed by atoms with E-state index in [9.17, 15) is 14.4 Å². The topological polar surface area (TPSA) is 82.2 Å². The van der Waals surface area contributed by atoms with Crippen molar-refractivity contribution in [2.75, 3.05) is 40.9 Å². The van der Waals surface area contributed by atoms with E-state index in [0.717, 1.165) is 16.9 Å². The first-order valence-electron chi connectivity index (χ1n) is 9.79. The lowest BCUT2D eigenvalue weighted by Gasteiger charge is -2.43. The first-order valence-corrected chi connectivity index (χ1v) is 9.79. The van der Waals surface area contributed by atoms with Gasteiger partial charge in [-0.2, -0.15) is 0 Å². The molecule has 0 aromatic heterocycles. The smallest absolute Gasteiger partial charge is 0.327 e. The first kappa shape index (κ1) is 20.9. The molecule has 1 aromatic carbocycles. The van der Waals surface area contributed by atoms with Crippen molar-refractivity contribution in [3.05, 3.63) is 47.7 Å². The van der Waals surface area contributed by atoms with E-state index in [2.05, 4.69) is 5.32 Å². The van der Waals surface area contributed by atoms with E-state index in [0.29, 0.717) is 31.8 Å². The van der Waals surface area contributed by atoms with Crippen LogP contribution in [0.4, 0.5) is 4.79 Å². The van der Waals surface area contributed by atoms with E-state index in [1.807, 2.05) is 35.2 Å². The number of carbonyl (C=O) groups is 3. The Hall–Kier alpha value is -2.87. The van der Waals surface area contributed by atoms with Crippen LogP contribution < -0.4 is 5.32 Å². The SMILES string of the molecule is COCCCN1C(C(=O)NCCc2ccccc2)=CC2C(=O)N(C)C(=O)N(C)C21. The average Bonchev–Trinajstić information content (AvgIpc) is 3.11. The van der Waals surface area contributed by atoms with Crippen LogP contribution >= 0.6 is 0 Å². The van der Waals surface area contributed by atoms with E-state index >= 15 is 0 Å². The van der Waals surface area contributed by atoms with Gasteiger partial charge in [0.2, 0.25) is 5.91 Å². The Balaban J connectivity index is 1.74. The Morgan fingerprint density at radius 1 is 1.17 bits per heavy atom. The lowest BCUT2D eigenvalue weighted by molar-refractivity contribution is -0.137. The second-order valence-corrected chi connectivity index (χ2v) is 7.31. The minimum Gasteiger partial charge on any atom is -0.385 e. The second-order valence-electron chi connectivity index (χ2n) is 7.31. The van der Waals surface area contributed by atoms with Gasteiger partial charge in [-0.3, -0.25) is 14.5 Å². The number of nitrogens with zero attached hydrogens (tertiary/aromatic N) is 3. The van der Waals surface area contributed by atoms with E-state index in [1.165, 1.54) is 11.9 Å². The van der Waals surface area contributed by atoms with Gasteiger partial charge in [0, 0.05) is 40.9 Å². The van der Waals surface area contributed by atoms with Gasteiger partial charge in [-0.05, 0) is 24.5 Å². The molecular weight excluding hydrogens is 372 g/mol. The number of fused-ring (bicyclic) bond motifs is 1. The quantitative estimate of drug-likeness (QED) is 0.660. The van der Waals surface area contributed by atoms with Crippen LogP contribution in [0.3, 0.4) is 0 Å². The molecule has 8 heteroatoms. The highest BCUT2D eigenvalue weighted by atomic mass is 16.5. The number of nitrogens with one attached hydrogen (secondary N) is 1. The van der Waals surface area contributed by atoms with Crippen LogP contribution in [0.15, 0.2) is 42.1 Å². The molecule has 0 bridgehead atoms. The zero-order valence-corrected chi connectivity index (χ0v) is 17.1. The summed E-state index contributed by atoms with van der Waals surface area (Å²) in [7, 11) is 4.75. The molecule has 0 aliphatic carbocycles. The summed E-state index contributed by atoms with van der Waals surface area (Å²) in [5.41, 5.74) is 1.58. The van der Waals surface area contributed by atoms with Crippen molar-refractivity contribution in [3.63, 3.8) is 0 Å². The van der Waals surface area contributed by atoms with Crippen molar-refractivity contribution in [2.24, 2.45) is 5.92 Å². The molecule has 1 fully saturated rings. The highest BCUT2D eigenvalue weighted by Gasteiger charge is 2.50. The Morgan fingerprint density at radius 3 is 2.59 bits per heavy atom. The van der Waals surface area contributed by atoms with Crippen molar-refractivity contribution < 1.29 is 19.1 Å². The van der Waals surface area contributed by atoms with Crippen molar-refractivity contribution in [3.8, 4) is 0 Å². The zero-order chi connectivity index (χ0) is 21.0. The van der Waals surface area contributed by atoms with E-state index in [1.54, 1.807) is 20.2 Å². The largest absolute Gasteiger partial charge is 0.385 e. The number of hydrogen-bond acceptors (Lipinski definition) is 5. The molecule has 1 saturated heterocycles. The van der Waals surface area contributed by atoms with Crippen LogP contribution in [0.25, 0.3) is 0 Å². The Bertz CT molecular complexity index is 795. The molecule has 0 saturated carbocycles. The molecule has 1 N–H and O–H groups in total. The fourth-order valence-corrected chi connectivity index (χ4v) is 3.90. The highest BCUT2D eigenvalue weighted by molar-refractivity contribution is 6.02. The van der Waals surface area contributed by atoms with Crippen LogP contribution in [0.1, 0.15) is 12.0 Å². The maximum atomic E-state index is 12.9. The summed E-state index contributed by atoms with van der Waals surface area (Å²) in [6.07, 6.45) is 2.60. The summed E-state index contributed by atoms with van der Waals surface area (Å²) in [6.45, 7) is 1.54. The van der Waals surface area contributed by atoms with Crippen molar-refractivity contribution in [2.45, 2.75) is 19.0 Å². The molecule has 29 heavy (non-hydrogen) atoms. The van der Waals surface area contributed by atoms with Crippen LogP contribution in [-0.2, 0) is 20.7 Å². The highest BCUT2D eigenvalue weighted by Crippen LogP contribution is 2.34. The van der Waals surface area contributed by atoms with Crippen molar-refractivity contribution in [1.82, 2.24) is 20.0 Å². The molecule has 0 spiro atoms. The molecule has 2 aliphatic rings. The third-order valence-electron chi connectivity index (χ3n) is 5.41. The molecule has 4 amide bonds. The van der Waals surface area contributed by atoms with E-state index in [4.69, 9.17) is 4.74 Å². The lowest BCUT2D eigenvalue weighted by Crippen LogP contribution is -2.62. The number of benzene rings is 1. The summed E-state index contributed by atoms with van der Waals surface area (Å²) in [4.78, 5) is 42.5. The number of imide groups is 1. The predicted molar refractivity (Wildman–Crippen MR) is 108 cm³/mol. The molecule has 0 radical (unpaired) electrons. The average molecular weight is 400 g/mol. The minimum atomic E-state index is -0.555. The Labute approximate surface area is 171 Å². The number of carbonyl (C=O) groups excluding carboxylic acids is 3. The van der Waals surface area contributed by atoms with Gasteiger partial charge >= 0.3 is 6.03 Å². The first-order chi connectivity index (χ1) is 14.0. The normalized spacial score (nSPS) is 21.3. The maximum Gasteiger partial charge on any atom is 0.327 e. The molecule has 8 nitrogen and oxygen atoms in total. The van der Waals surface area contributed by atoms with Gasteiger partial charge in [-0.15, -0.1) is 0 Å². The zero-order valence-electron chi connectivity index (χ0n) is 17.1. The summed E-state index contributed by atoms with van der Waals surface area (Å²) in [5.74, 6) is -1.08. The molecule has 2 atom stereocenters. The maximum absolute atomic E-state index is 12.9. The van der Waals surface area contributed by atoms with Crippen LogP contribution in [0.2, 0.25) is 0 Å².